The Bertz CT molecular complexity index is 892. The molecule has 27 heavy (non-hydrogen) atoms. The van der Waals surface area contributed by atoms with Crippen LogP contribution in [0.4, 0.5) is 13.2 Å². The summed E-state index contributed by atoms with van der Waals surface area (Å²) in [5.74, 6) is -2.25. The van der Waals surface area contributed by atoms with Crippen LogP contribution in [-0.4, -0.2) is 28.1 Å². The number of alkyl halides is 3. The number of ketones is 1. The molecule has 2 aromatic carbocycles. The normalized spacial score (nSPS) is 13.9. The molecule has 1 atom stereocenters. The monoisotopic (exact) mass is 420 g/mol. The molecule has 0 fully saturated rings. The predicted octanol–water partition coefficient (Wildman–Crippen LogP) is 5.02. The Morgan fingerprint density at radius 3 is 2.04 bits per heavy atom. The number of carbonyl (C=O) groups is 2. The number of benzene rings is 2. The first-order chi connectivity index (χ1) is 12.3. The summed E-state index contributed by atoms with van der Waals surface area (Å²) < 4.78 is 40.8. The van der Waals surface area contributed by atoms with Crippen molar-refractivity contribution in [1.29, 1.82) is 0 Å². The van der Waals surface area contributed by atoms with Crippen molar-refractivity contribution in [1.82, 2.24) is 0 Å². The lowest BCUT2D eigenvalue weighted by Gasteiger charge is -2.30. The van der Waals surface area contributed by atoms with Gasteiger partial charge in [0.15, 0.2) is 11.4 Å². The smallest absolute Gasteiger partial charge is 0.421 e. The van der Waals surface area contributed by atoms with Crippen molar-refractivity contribution in [3.05, 3.63) is 68.7 Å². The third-order valence-electron chi connectivity index (χ3n) is 4.00. The van der Waals surface area contributed by atoms with E-state index in [1.807, 2.05) is 0 Å². The number of carboxylic acids is 1. The van der Waals surface area contributed by atoms with E-state index < -0.39 is 35.5 Å². The SMILES string of the molecule is Cc1cc(C(=O)CC(O)(c2cc(Cl)cc(Cl)c2)C(F)(F)F)ccc1C(=O)O. The first kappa shape index (κ1) is 21.2. The van der Waals surface area contributed by atoms with Gasteiger partial charge in [-0.1, -0.05) is 29.3 Å². The van der Waals surface area contributed by atoms with Crippen LogP contribution >= 0.6 is 23.2 Å². The summed E-state index contributed by atoms with van der Waals surface area (Å²) >= 11 is 11.4. The van der Waals surface area contributed by atoms with Gasteiger partial charge in [-0.05, 0) is 48.4 Å². The van der Waals surface area contributed by atoms with E-state index in [9.17, 15) is 27.9 Å². The third-order valence-corrected chi connectivity index (χ3v) is 4.44. The van der Waals surface area contributed by atoms with Crippen molar-refractivity contribution >= 4 is 35.0 Å². The molecule has 0 saturated carbocycles. The lowest BCUT2D eigenvalue weighted by atomic mass is 9.86. The Morgan fingerprint density at radius 2 is 1.59 bits per heavy atom. The molecular weight excluding hydrogens is 408 g/mol. The fraction of sp³-hybridized carbons (Fsp3) is 0.222. The lowest BCUT2D eigenvalue weighted by molar-refractivity contribution is -0.264. The highest BCUT2D eigenvalue weighted by Gasteiger charge is 2.56. The zero-order chi connectivity index (χ0) is 20.6. The molecule has 0 radical (unpaired) electrons. The number of carbonyl (C=O) groups excluding carboxylic acids is 1. The minimum absolute atomic E-state index is 0.0840. The maximum absolute atomic E-state index is 13.6. The third kappa shape index (κ3) is 4.43. The summed E-state index contributed by atoms with van der Waals surface area (Å²) in [5, 5.41) is 19.1. The summed E-state index contributed by atoms with van der Waals surface area (Å²) in [7, 11) is 0. The fourth-order valence-corrected chi connectivity index (χ4v) is 3.10. The fourth-order valence-electron chi connectivity index (χ4n) is 2.57. The lowest BCUT2D eigenvalue weighted by Crippen LogP contribution is -2.44. The summed E-state index contributed by atoms with van der Waals surface area (Å²) in [5.41, 5.74) is -4.22. The minimum Gasteiger partial charge on any atom is -0.478 e. The van der Waals surface area contributed by atoms with Crippen LogP contribution in [0.25, 0.3) is 0 Å². The number of halogens is 5. The number of Topliss-reactive ketones (excluding diaryl/α,β-unsaturated/α-hetero) is 1. The first-order valence-electron chi connectivity index (χ1n) is 7.48. The van der Waals surface area contributed by atoms with Gasteiger partial charge >= 0.3 is 12.1 Å². The molecule has 0 aliphatic heterocycles. The van der Waals surface area contributed by atoms with Gasteiger partial charge in [-0.3, -0.25) is 4.79 Å². The maximum Gasteiger partial charge on any atom is 0.421 e. The van der Waals surface area contributed by atoms with Crippen molar-refractivity contribution in [2.24, 2.45) is 0 Å². The van der Waals surface area contributed by atoms with E-state index in [0.29, 0.717) is 0 Å². The predicted molar refractivity (Wildman–Crippen MR) is 93.5 cm³/mol. The van der Waals surface area contributed by atoms with E-state index in [2.05, 4.69) is 0 Å². The van der Waals surface area contributed by atoms with Crippen LogP contribution in [0.15, 0.2) is 36.4 Å². The molecule has 0 saturated heterocycles. The van der Waals surface area contributed by atoms with E-state index in [4.69, 9.17) is 28.3 Å². The molecule has 2 aromatic rings. The van der Waals surface area contributed by atoms with Crippen molar-refractivity contribution in [3.63, 3.8) is 0 Å². The van der Waals surface area contributed by atoms with E-state index in [1.54, 1.807) is 0 Å². The molecule has 0 heterocycles. The zero-order valence-electron chi connectivity index (χ0n) is 13.8. The van der Waals surface area contributed by atoms with Gasteiger partial charge in [0, 0.05) is 15.6 Å². The van der Waals surface area contributed by atoms with E-state index in [0.717, 1.165) is 30.3 Å². The van der Waals surface area contributed by atoms with Crippen molar-refractivity contribution in [2.75, 3.05) is 0 Å². The second kappa shape index (κ2) is 7.50. The van der Waals surface area contributed by atoms with Gasteiger partial charge in [-0.25, -0.2) is 4.79 Å². The summed E-state index contributed by atoms with van der Waals surface area (Å²) in [6.45, 7) is 1.41. The number of hydrogen-bond acceptors (Lipinski definition) is 3. The van der Waals surface area contributed by atoms with E-state index in [-0.39, 0.29) is 26.7 Å². The van der Waals surface area contributed by atoms with Gasteiger partial charge in [-0.2, -0.15) is 13.2 Å². The molecule has 2 N–H and O–H groups in total. The zero-order valence-corrected chi connectivity index (χ0v) is 15.3. The number of aromatic carboxylic acids is 1. The highest BCUT2D eigenvalue weighted by molar-refractivity contribution is 6.34. The number of aliphatic hydroxyl groups is 1. The number of aryl methyl sites for hydroxylation is 1. The van der Waals surface area contributed by atoms with Gasteiger partial charge in [0.2, 0.25) is 0 Å². The highest BCUT2D eigenvalue weighted by atomic mass is 35.5. The summed E-state index contributed by atoms with van der Waals surface area (Å²) in [6.07, 6.45) is -6.51. The second-order valence-corrected chi connectivity index (χ2v) is 6.82. The van der Waals surface area contributed by atoms with Gasteiger partial charge < -0.3 is 10.2 Å². The first-order valence-corrected chi connectivity index (χ1v) is 8.23. The summed E-state index contributed by atoms with van der Waals surface area (Å²) in [4.78, 5) is 23.4. The Kier molecular flexibility index (Phi) is 5.89. The highest BCUT2D eigenvalue weighted by Crippen LogP contribution is 2.43. The maximum atomic E-state index is 13.6. The van der Waals surface area contributed by atoms with Crippen molar-refractivity contribution < 1.29 is 33.0 Å². The molecule has 2 rings (SSSR count). The quantitative estimate of drug-likeness (QED) is 0.665. The molecule has 0 bridgehead atoms. The van der Waals surface area contributed by atoms with Gasteiger partial charge in [0.25, 0.3) is 0 Å². The molecule has 1 unspecified atom stereocenters. The Morgan fingerprint density at radius 1 is 1.04 bits per heavy atom. The van der Waals surface area contributed by atoms with Crippen molar-refractivity contribution in [2.45, 2.75) is 25.1 Å². The van der Waals surface area contributed by atoms with Gasteiger partial charge in [0.1, 0.15) is 0 Å². The standard InChI is InChI=1S/C18H13Cl2F3O4/c1-9-4-10(2-3-14(9)16(25)26)15(24)8-17(27,18(21,22)23)11-5-12(19)7-13(20)6-11/h2-7,27H,8H2,1H3,(H,25,26). The van der Waals surface area contributed by atoms with Crippen LogP contribution in [0.5, 0.6) is 0 Å². The Hall–Kier alpha value is -2.09. The number of carboxylic acid groups (broad SMARTS) is 1. The molecular formula is C18H13Cl2F3O4. The van der Waals surface area contributed by atoms with Crippen LogP contribution in [0.1, 0.15) is 38.3 Å². The topological polar surface area (TPSA) is 74.6 Å². The van der Waals surface area contributed by atoms with Gasteiger partial charge in [-0.15, -0.1) is 0 Å². The van der Waals surface area contributed by atoms with Gasteiger partial charge in [0.05, 0.1) is 12.0 Å². The van der Waals surface area contributed by atoms with E-state index >= 15 is 0 Å². The molecule has 0 aliphatic carbocycles. The molecule has 0 spiro atoms. The molecule has 9 heteroatoms. The molecule has 144 valence electrons. The molecule has 0 aromatic heterocycles. The molecule has 4 nitrogen and oxygen atoms in total. The van der Waals surface area contributed by atoms with Crippen LogP contribution in [0.3, 0.4) is 0 Å². The Labute approximate surface area is 162 Å². The van der Waals surface area contributed by atoms with E-state index in [1.165, 1.54) is 13.0 Å². The number of hydrogen-bond donors (Lipinski definition) is 2. The van der Waals surface area contributed by atoms with Crippen LogP contribution in [-0.2, 0) is 5.60 Å². The van der Waals surface area contributed by atoms with Crippen LogP contribution in [0, 0.1) is 6.92 Å². The molecule has 0 amide bonds. The average molecular weight is 421 g/mol. The van der Waals surface area contributed by atoms with Crippen LogP contribution in [0.2, 0.25) is 10.0 Å². The number of rotatable bonds is 5. The average Bonchev–Trinajstić information content (AvgIpc) is 2.52. The summed E-state index contributed by atoms with van der Waals surface area (Å²) in [6, 6.07) is 6.33. The van der Waals surface area contributed by atoms with Crippen LogP contribution < -0.4 is 0 Å². The minimum atomic E-state index is -5.19. The molecule has 0 aliphatic rings. The largest absolute Gasteiger partial charge is 0.478 e. The van der Waals surface area contributed by atoms with Crippen molar-refractivity contribution in [3.8, 4) is 0 Å². The Balaban J connectivity index is 2.46. The second-order valence-electron chi connectivity index (χ2n) is 5.95.